The number of hydrogen-bond donors (Lipinski definition) is 0. The summed E-state index contributed by atoms with van der Waals surface area (Å²) in [5, 5.41) is 4.38. The number of hydrogen-bond acceptors (Lipinski definition) is 2. The van der Waals surface area contributed by atoms with E-state index in [4.69, 9.17) is 4.98 Å². The van der Waals surface area contributed by atoms with Crippen molar-refractivity contribution in [3.63, 3.8) is 0 Å². The van der Waals surface area contributed by atoms with E-state index in [1.165, 1.54) is 22.3 Å². The molecule has 0 spiro atoms. The first kappa shape index (κ1) is 20.7. The Hall–Kier alpha value is -2.55. The van der Waals surface area contributed by atoms with E-state index in [0.717, 1.165) is 32.8 Å². The van der Waals surface area contributed by atoms with E-state index in [0.29, 0.717) is 0 Å². The van der Waals surface area contributed by atoms with E-state index >= 15 is 0 Å². The van der Waals surface area contributed by atoms with Gasteiger partial charge in [-0.15, -0.1) is 11.5 Å². The number of rotatable bonds is 1. The predicted octanol–water partition coefficient (Wildman–Crippen LogP) is 6.44. The summed E-state index contributed by atoms with van der Waals surface area (Å²) in [6.45, 7) is 10.9. The molecule has 30 heavy (non-hydrogen) atoms. The summed E-state index contributed by atoms with van der Waals surface area (Å²) in [6.07, 6.45) is 7.40. The molecule has 0 bridgehead atoms. The molecule has 0 amide bonds. The van der Waals surface area contributed by atoms with Crippen LogP contribution >= 0.6 is 0 Å². The van der Waals surface area contributed by atoms with Crippen molar-refractivity contribution in [2.75, 3.05) is 0 Å². The Morgan fingerprint density at radius 1 is 0.933 bits per heavy atom. The zero-order valence-corrected chi connectivity index (χ0v) is 20.3. The smallest absolute Gasteiger partial charge is 0.0544 e. The number of pyridine rings is 2. The Bertz CT molecular complexity index is 1390. The van der Waals surface area contributed by atoms with Crippen molar-refractivity contribution in [3.8, 4) is 5.69 Å². The molecule has 2 aromatic carbocycles. The third-order valence-corrected chi connectivity index (χ3v) is 5.74. The van der Waals surface area contributed by atoms with Crippen LogP contribution in [-0.4, -0.2) is 14.5 Å². The summed E-state index contributed by atoms with van der Waals surface area (Å²) in [5.74, 6) is 0. The zero-order chi connectivity index (χ0) is 20.3. The first-order valence-corrected chi connectivity index (χ1v) is 10.0. The molecule has 0 N–H and O–H groups in total. The molecule has 0 unspecified atom stereocenters. The van der Waals surface area contributed by atoms with Crippen molar-refractivity contribution in [1.29, 1.82) is 0 Å². The van der Waals surface area contributed by atoms with Crippen LogP contribution in [-0.2, 0) is 25.5 Å². The maximum atomic E-state index is 4.80. The van der Waals surface area contributed by atoms with Gasteiger partial charge in [0.05, 0.1) is 11.2 Å². The monoisotopic (exact) mass is 571 g/mol. The fraction of sp³-hybridized carbons (Fsp3) is 0.231. The van der Waals surface area contributed by atoms with Gasteiger partial charge in [0.2, 0.25) is 0 Å². The van der Waals surface area contributed by atoms with Gasteiger partial charge < -0.3 is 14.5 Å². The molecule has 3 heterocycles. The van der Waals surface area contributed by atoms with E-state index in [2.05, 4.69) is 99.0 Å². The number of nitrogens with zero attached hydrogens (tertiary/aromatic N) is 3. The molecule has 3 nitrogen and oxygen atoms in total. The standard InChI is InChI=1S/C26H24N3.Ir/c1-16-7-6-8-17(2)24(16)29-12-11-19-14-28-23-20(25(19)29)10-9-18-13-22(26(3,4)5)27-15-21(18)23;/h6-14H,1-5H3;/q-1;. The Morgan fingerprint density at radius 3 is 2.37 bits per heavy atom. The average molecular weight is 571 g/mol. The molecule has 0 fully saturated rings. The van der Waals surface area contributed by atoms with Crippen LogP contribution in [0.15, 0.2) is 54.9 Å². The number of aromatic nitrogens is 3. The van der Waals surface area contributed by atoms with Crippen LogP contribution in [0.5, 0.6) is 0 Å². The van der Waals surface area contributed by atoms with Gasteiger partial charge in [-0.1, -0.05) is 56.5 Å². The van der Waals surface area contributed by atoms with Gasteiger partial charge >= 0.3 is 0 Å². The van der Waals surface area contributed by atoms with Gasteiger partial charge in [-0.3, -0.25) is 0 Å². The normalized spacial score (nSPS) is 11.9. The van der Waals surface area contributed by atoms with Gasteiger partial charge in [0.15, 0.2) is 0 Å². The van der Waals surface area contributed by atoms with Gasteiger partial charge in [-0.25, -0.2) is 0 Å². The summed E-state index contributed by atoms with van der Waals surface area (Å²) in [4.78, 5) is 9.43. The second-order valence-electron chi connectivity index (χ2n) is 8.92. The van der Waals surface area contributed by atoms with Crippen LogP contribution in [0.3, 0.4) is 0 Å². The van der Waals surface area contributed by atoms with Crippen molar-refractivity contribution < 1.29 is 20.1 Å². The van der Waals surface area contributed by atoms with Crippen LogP contribution in [0.4, 0.5) is 0 Å². The Kier molecular flexibility index (Phi) is 5.04. The summed E-state index contributed by atoms with van der Waals surface area (Å²) in [7, 11) is 0. The Labute approximate surface area is 190 Å². The minimum Gasteiger partial charge on any atom is -0.356 e. The number of para-hydroxylation sites is 1. The number of benzene rings is 2. The van der Waals surface area contributed by atoms with Gasteiger partial charge in [0, 0.05) is 37.9 Å². The van der Waals surface area contributed by atoms with Crippen molar-refractivity contribution in [1.82, 2.24) is 14.5 Å². The van der Waals surface area contributed by atoms with Gasteiger partial charge in [0.1, 0.15) is 0 Å². The summed E-state index contributed by atoms with van der Waals surface area (Å²) >= 11 is 0. The van der Waals surface area contributed by atoms with Crippen LogP contribution < -0.4 is 0 Å². The number of fused-ring (bicyclic) bond motifs is 5. The fourth-order valence-corrected chi connectivity index (χ4v) is 4.19. The molecule has 153 valence electrons. The van der Waals surface area contributed by atoms with Crippen molar-refractivity contribution in [3.05, 3.63) is 77.9 Å². The van der Waals surface area contributed by atoms with E-state index in [-0.39, 0.29) is 25.5 Å². The molecule has 0 aliphatic rings. The zero-order valence-electron chi connectivity index (χ0n) is 17.9. The first-order chi connectivity index (χ1) is 13.8. The molecule has 5 aromatic rings. The molecule has 0 saturated carbocycles. The largest absolute Gasteiger partial charge is 0.356 e. The maximum absolute atomic E-state index is 4.80. The quantitative estimate of drug-likeness (QED) is 0.172. The van der Waals surface area contributed by atoms with Crippen molar-refractivity contribution in [2.45, 2.75) is 40.0 Å². The van der Waals surface area contributed by atoms with Crippen LogP contribution in [0.1, 0.15) is 37.6 Å². The third kappa shape index (κ3) is 3.15. The van der Waals surface area contributed by atoms with Crippen LogP contribution in [0, 0.1) is 20.0 Å². The predicted molar refractivity (Wildman–Crippen MR) is 121 cm³/mol. The van der Waals surface area contributed by atoms with E-state index in [1.807, 2.05) is 6.20 Å². The van der Waals surface area contributed by atoms with Gasteiger partial charge in [-0.05, 0) is 59.2 Å². The molecule has 0 atom stereocenters. The third-order valence-electron chi connectivity index (χ3n) is 5.74. The molecular weight excluding hydrogens is 547 g/mol. The minimum atomic E-state index is -0.00586. The second kappa shape index (κ2) is 7.30. The average Bonchev–Trinajstić information content (AvgIpc) is 3.10. The van der Waals surface area contributed by atoms with Crippen LogP contribution in [0.2, 0.25) is 0 Å². The molecule has 1 radical (unpaired) electrons. The Balaban J connectivity index is 0.00000218. The van der Waals surface area contributed by atoms with Crippen molar-refractivity contribution in [2.24, 2.45) is 0 Å². The molecule has 0 saturated heterocycles. The molecule has 0 aliphatic carbocycles. The minimum absolute atomic E-state index is 0. The molecule has 3 aromatic heterocycles. The van der Waals surface area contributed by atoms with Crippen molar-refractivity contribution >= 4 is 32.6 Å². The summed E-state index contributed by atoms with van der Waals surface area (Å²) in [5.41, 5.74) is 6.93. The van der Waals surface area contributed by atoms with Crippen LogP contribution in [0.25, 0.3) is 38.3 Å². The molecule has 5 rings (SSSR count). The molecule has 0 aliphatic heterocycles. The summed E-state index contributed by atoms with van der Waals surface area (Å²) < 4.78 is 2.30. The van der Waals surface area contributed by atoms with E-state index in [1.54, 1.807) is 0 Å². The van der Waals surface area contributed by atoms with E-state index in [9.17, 15) is 0 Å². The summed E-state index contributed by atoms with van der Waals surface area (Å²) in [6, 6.07) is 15.1. The topological polar surface area (TPSA) is 30.7 Å². The SMILES string of the molecule is Cc1cccc(C)c1-n1ccc2cnc3c4[c-]nc(C(C)(C)C)cc4ccc3c21.[Ir]. The fourth-order valence-electron chi connectivity index (χ4n) is 4.19. The first-order valence-electron chi connectivity index (χ1n) is 10.0. The molecular formula is C26H24IrN3-. The second-order valence-corrected chi connectivity index (χ2v) is 8.92. The van der Waals surface area contributed by atoms with E-state index < -0.39 is 0 Å². The van der Waals surface area contributed by atoms with Gasteiger partial charge in [0.25, 0.3) is 0 Å². The Morgan fingerprint density at radius 2 is 1.67 bits per heavy atom. The van der Waals surface area contributed by atoms with Gasteiger partial charge in [-0.2, -0.15) is 0 Å². The maximum Gasteiger partial charge on any atom is 0.0544 e. The molecule has 4 heteroatoms. The number of aryl methyl sites for hydroxylation is 2.